The zero-order valence-electron chi connectivity index (χ0n) is 18.8. The number of piperazine rings is 1. The third-order valence-electron chi connectivity index (χ3n) is 6.37. The lowest BCUT2D eigenvalue weighted by Crippen LogP contribution is -2.53. The van der Waals surface area contributed by atoms with E-state index in [2.05, 4.69) is 6.92 Å². The molecule has 0 spiro atoms. The highest BCUT2D eigenvalue weighted by atomic mass is 16.6. The number of aliphatic hydroxyl groups excluding tert-OH is 1. The van der Waals surface area contributed by atoms with E-state index in [1.54, 1.807) is 9.80 Å². The third-order valence-corrected chi connectivity index (χ3v) is 6.37. The summed E-state index contributed by atoms with van der Waals surface area (Å²) in [6, 6.07) is 7.75. The fourth-order valence-electron chi connectivity index (χ4n) is 4.11. The van der Waals surface area contributed by atoms with Crippen LogP contribution in [0, 0.1) is 0 Å². The molecular weight excluding hydrogens is 396 g/mol. The van der Waals surface area contributed by atoms with Crippen LogP contribution in [-0.2, 0) is 9.53 Å². The van der Waals surface area contributed by atoms with Gasteiger partial charge >= 0.3 is 0 Å². The molecule has 31 heavy (non-hydrogen) atoms. The predicted molar refractivity (Wildman–Crippen MR) is 118 cm³/mol. The van der Waals surface area contributed by atoms with Crippen molar-refractivity contribution < 1.29 is 24.5 Å². The second kappa shape index (κ2) is 10.6. The van der Waals surface area contributed by atoms with Crippen molar-refractivity contribution in [3.63, 3.8) is 0 Å². The average molecular weight is 433 g/mol. The molecule has 2 aliphatic rings. The average Bonchev–Trinajstić information content (AvgIpc) is 3.56. The van der Waals surface area contributed by atoms with Gasteiger partial charge in [-0.15, -0.1) is 0 Å². The summed E-state index contributed by atoms with van der Waals surface area (Å²) in [4.78, 5) is 28.6. The summed E-state index contributed by atoms with van der Waals surface area (Å²) in [5.74, 6) is 0.0896. The van der Waals surface area contributed by atoms with E-state index in [4.69, 9.17) is 4.74 Å². The minimum Gasteiger partial charge on any atom is -0.380 e. The highest BCUT2D eigenvalue weighted by molar-refractivity contribution is 5.94. The number of benzene rings is 1. The van der Waals surface area contributed by atoms with Crippen molar-refractivity contribution in [2.45, 2.75) is 70.2 Å². The molecule has 0 radical (unpaired) electrons. The number of amides is 2. The first kappa shape index (κ1) is 23.7. The first-order valence-corrected chi connectivity index (χ1v) is 11.6. The molecule has 2 fully saturated rings. The largest absolute Gasteiger partial charge is 0.380 e. The van der Waals surface area contributed by atoms with Gasteiger partial charge < -0.3 is 24.7 Å². The molecule has 1 aromatic rings. The van der Waals surface area contributed by atoms with Crippen LogP contribution in [0.3, 0.4) is 0 Å². The van der Waals surface area contributed by atoms with Gasteiger partial charge in [-0.1, -0.05) is 26.0 Å². The molecule has 2 unspecified atom stereocenters. The van der Waals surface area contributed by atoms with Gasteiger partial charge in [0.05, 0.1) is 0 Å². The summed E-state index contributed by atoms with van der Waals surface area (Å²) < 4.78 is 5.35. The van der Waals surface area contributed by atoms with Crippen LogP contribution >= 0.6 is 0 Å². The van der Waals surface area contributed by atoms with E-state index in [9.17, 15) is 19.8 Å². The van der Waals surface area contributed by atoms with Crippen molar-refractivity contribution in [3.8, 4) is 0 Å². The molecule has 3 rings (SSSR count). The van der Waals surface area contributed by atoms with Crippen LogP contribution in [0.2, 0.25) is 0 Å². The number of rotatable bonds is 10. The SMILES string of the molecule is CCCOC(O)CCC(CC)c1ccc(C(=O)N2CCN(C(=O)C3(O)CC3)CC2)cc1. The van der Waals surface area contributed by atoms with E-state index in [1.807, 2.05) is 31.2 Å². The van der Waals surface area contributed by atoms with E-state index < -0.39 is 11.9 Å². The van der Waals surface area contributed by atoms with Gasteiger partial charge in [-0.05, 0) is 62.1 Å². The first-order chi connectivity index (χ1) is 14.9. The van der Waals surface area contributed by atoms with Crippen LogP contribution in [-0.4, -0.2) is 76.5 Å². The van der Waals surface area contributed by atoms with Crippen molar-refractivity contribution >= 4 is 11.8 Å². The van der Waals surface area contributed by atoms with E-state index in [1.165, 1.54) is 0 Å². The number of aliphatic hydroxyl groups is 2. The van der Waals surface area contributed by atoms with Crippen molar-refractivity contribution in [1.29, 1.82) is 0 Å². The number of nitrogens with zero attached hydrogens (tertiary/aromatic N) is 2. The summed E-state index contributed by atoms with van der Waals surface area (Å²) in [5.41, 5.74) is 0.663. The number of hydrogen-bond donors (Lipinski definition) is 2. The van der Waals surface area contributed by atoms with Crippen LogP contribution in [0.4, 0.5) is 0 Å². The Bertz CT molecular complexity index is 739. The van der Waals surface area contributed by atoms with E-state index >= 15 is 0 Å². The Labute approximate surface area is 185 Å². The van der Waals surface area contributed by atoms with Crippen molar-refractivity contribution in [2.24, 2.45) is 0 Å². The van der Waals surface area contributed by atoms with Crippen LogP contribution in [0.15, 0.2) is 24.3 Å². The summed E-state index contributed by atoms with van der Waals surface area (Å²) in [5, 5.41) is 19.9. The number of carbonyl (C=O) groups is 2. The Morgan fingerprint density at radius 2 is 1.65 bits per heavy atom. The Kier molecular flexibility index (Phi) is 8.08. The second-order valence-corrected chi connectivity index (χ2v) is 8.75. The second-order valence-electron chi connectivity index (χ2n) is 8.75. The zero-order chi connectivity index (χ0) is 22.4. The van der Waals surface area contributed by atoms with Crippen LogP contribution < -0.4 is 0 Å². The molecule has 1 saturated heterocycles. The fraction of sp³-hybridized carbons (Fsp3) is 0.667. The summed E-state index contributed by atoms with van der Waals surface area (Å²) >= 11 is 0. The number of hydrogen-bond acceptors (Lipinski definition) is 5. The van der Waals surface area contributed by atoms with Gasteiger partial charge in [0.15, 0.2) is 6.29 Å². The lowest BCUT2D eigenvalue weighted by Gasteiger charge is -2.35. The van der Waals surface area contributed by atoms with Crippen LogP contribution in [0.25, 0.3) is 0 Å². The van der Waals surface area contributed by atoms with Gasteiger partial charge in [-0.2, -0.15) is 0 Å². The fourth-order valence-corrected chi connectivity index (χ4v) is 4.11. The lowest BCUT2D eigenvalue weighted by atomic mass is 9.91. The van der Waals surface area contributed by atoms with Crippen LogP contribution in [0.5, 0.6) is 0 Å². The molecule has 1 aromatic carbocycles. The molecule has 7 heteroatoms. The predicted octanol–water partition coefficient (Wildman–Crippen LogP) is 2.51. The lowest BCUT2D eigenvalue weighted by molar-refractivity contribution is -0.143. The maximum Gasteiger partial charge on any atom is 0.254 e. The molecule has 0 bridgehead atoms. The van der Waals surface area contributed by atoms with Crippen LogP contribution in [0.1, 0.15) is 74.2 Å². The van der Waals surface area contributed by atoms with Gasteiger partial charge in [0, 0.05) is 38.3 Å². The maximum atomic E-state index is 12.9. The third kappa shape index (κ3) is 6.05. The summed E-state index contributed by atoms with van der Waals surface area (Å²) in [6.45, 7) is 6.60. The Balaban J connectivity index is 1.50. The normalized spacial score (nSPS) is 19.7. The standard InChI is InChI=1S/C24H36N2O5/c1-3-17-31-21(27)10-9-18(4-2)19-5-7-20(8-6-19)22(28)25-13-15-26(16-14-25)23(29)24(30)11-12-24/h5-8,18,21,27,30H,3-4,9-17H2,1-2H3. The Hall–Kier alpha value is -1.96. The minimum absolute atomic E-state index is 0.0276. The molecule has 172 valence electrons. The van der Waals surface area contributed by atoms with Gasteiger partial charge in [-0.25, -0.2) is 0 Å². The van der Waals surface area contributed by atoms with E-state index in [0.29, 0.717) is 63.5 Å². The smallest absolute Gasteiger partial charge is 0.254 e. The number of ether oxygens (including phenoxy) is 1. The number of carbonyl (C=O) groups excluding carboxylic acids is 2. The van der Waals surface area contributed by atoms with Crippen molar-refractivity contribution in [2.75, 3.05) is 32.8 Å². The molecule has 7 nitrogen and oxygen atoms in total. The Morgan fingerprint density at radius 3 is 2.19 bits per heavy atom. The first-order valence-electron chi connectivity index (χ1n) is 11.6. The van der Waals surface area contributed by atoms with Crippen molar-refractivity contribution in [1.82, 2.24) is 9.80 Å². The monoisotopic (exact) mass is 432 g/mol. The highest BCUT2D eigenvalue weighted by Crippen LogP contribution is 2.37. The molecule has 2 N–H and O–H groups in total. The molecule has 1 heterocycles. The van der Waals surface area contributed by atoms with Gasteiger partial charge in [0.25, 0.3) is 11.8 Å². The Morgan fingerprint density at radius 1 is 1.03 bits per heavy atom. The van der Waals surface area contributed by atoms with Gasteiger partial charge in [0.1, 0.15) is 5.60 Å². The summed E-state index contributed by atoms with van der Waals surface area (Å²) in [6.07, 6.45) is 3.63. The van der Waals surface area contributed by atoms with Crippen molar-refractivity contribution in [3.05, 3.63) is 35.4 Å². The molecule has 0 aromatic heterocycles. The topological polar surface area (TPSA) is 90.3 Å². The quantitative estimate of drug-likeness (QED) is 0.555. The van der Waals surface area contributed by atoms with E-state index in [0.717, 1.165) is 24.8 Å². The molecular formula is C24H36N2O5. The molecule has 2 amide bonds. The molecule has 1 saturated carbocycles. The van der Waals surface area contributed by atoms with Gasteiger partial charge in [-0.3, -0.25) is 9.59 Å². The zero-order valence-corrected chi connectivity index (χ0v) is 18.8. The maximum absolute atomic E-state index is 12.9. The molecule has 2 atom stereocenters. The molecule has 1 aliphatic heterocycles. The summed E-state index contributed by atoms with van der Waals surface area (Å²) in [7, 11) is 0. The molecule has 1 aliphatic carbocycles. The van der Waals surface area contributed by atoms with Gasteiger partial charge in [0.2, 0.25) is 0 Å². The van der Waals surface area contributed by atoms with E-state index in [-0.39, 0.29) is 11.8 Å². The highest BCUT2D eigenvalue weighted by Gasteiger charge is 2.50. The minimum atomic E-state index is -1.14.